The summed E-state index contributed by atoms with van der Waals surface area (Å²) < 4.78 is 15.2. The number of aromatic nitrogens is 2. The van der Waals surface area contributed by atoms with E-state index in [1.54, 1.807) is 30.7 Å². The van der Waals surface area contributed by atoms with Crippen LogP contribution in [0.3, 0.4) is 0 Å². The summed E-state index contributed by atoms with van der Waals surface area (Å²) in [7, 11) is 0. The van der Waals surface area contributed by atoms with Gasteiger partial charge in [0.25, 0.3) is 0 Å². The number of hydrogen-bond donors (Lipinski definition) is 1. The van der Waals surface area contributed by atoms with Gasteiger partial charge in [0.15, 0.2) is 5.82 Å². The maximum atomic E-state index is 13.4. The van der Waals surface area contributed by atoms with E-state index >= 15 is 0 Å². The average molecular weight is 365 g/mol. The Morgan fingerprint density at radius 1 is 1.55 bits per heavy atom. The second-order valence-corrected chi connectivity index (χ2v) is 6.24. The van der Waals surface area contributed by atoms with Crippen LogP contribution in [0.15, 0.2) is 24.4 Å². The molecule has 0 radical (unpaired) electrons. The lowest BCUT2D eigenvalue weighted by molar-refractivity contribution is -0.115. The number of anilines is 1. The molecule has 7 heteroatoms. The minimum atomic E-state index is -0.451. The van der Waals surface area contributed by atoms with Crippen molar-refractivity contribution >= 4 is 27.7 Å². The van der Waals surface area contributed by atoms with Crippen LogP contribution in [0.4, 0.5) is 10.2 Å². The van der Waals surface area contributed by atoms with Gasteiger partial charge in [-0.05, 0) is 37.6 Å². The average Bonchev–Trinajstić information content (AvgIpc) is 2.77. The summed E-state index contributed by atoms with van der Waals surface area (Å²) in [5, 5.41) is 11.6. The first-order valence-electron chi connectivity index (χ1n) is 6.57. The molecular formula is C15H14BrFN4O. The van der Waals surface area contributed by atoms with E-state index in [-0.39, 0.29) is 16.3 Å². The van der Waals surface area contributed by atoms with E-state index in [1.807, 2.05) is 6.07 Å². The number of alkyl halides is 1. The summed E-state index contributed by atoms with van der Waals surface area (Å²) in [4.78, 5) is 15.6. The second kappa shape index (κ2) is 6.71. The highest BCUT2D eigenvalue weighted by molar-refractivity contribution is 9.10. The summed E-state index contributed by atoms with van der Waals surface area (Å²) in [5.74, 6) is 0.474. The van der Waals surface area contributed by atoms with Crippen molar-refractivity contribution in [3.05, 3.63) is 47.2 Å². The molecule has 0 bridgehead atoms. The fraction of sp³-hybridized carbons (Fsp3) is 0.267. The van der Waals surface area contributed by atoms with Crippen molar-refractivity contribution in [3.8, 4) is 6.07 Å². The van der Waals surface area contributed by atoms with Crippen molar-refractivity contribution in [2.24, 2.45) is 0 Å². The molecule has 0 fully saturated rings. The van der Waals surface area contributed by atoms with Gasteiger partial charge in [-0.1, -0.05) is 15.9 Å². The van der Waals surface area contributed by atoms with Crippen LogP contribution in [0, 0.1) is 24.1 Å². The first-order chi connectivity index (χ1) is 10.4. The smallest absolute Gasteiger partial charge is 0.239 e. The van der Waals surface area contributed by atoms with Crippen LogP contribution in [-0.2, 0) is 11.3 Å². The lowest BCUT2D eigenvalue weighted by Gasteiger charge is -2.06. The maximum Gasteiger partial charge on any atom is 0.239 e. The van der Waals surface area contributed by atoms with E-state index in [2.05, 4.69) is 26.2 Å². The Hall–Kier alpha value is -2.20. The zero-order valence-electron chi connectivity index (χ0n) is 12.1. The molecule has 5 nitrogen and oxygen atoms in total. The Kier molecular flexibility index (Phi) is 4.93. The highest BCUT2D eigenvalue weighted by atomic mass is 79.9. The van der Waals surface area contributed by atoms with Crippen LogP contribution in [0.1, 0.15) is 23.9 Å². The van der Waals surface area contributed by atoms with Crippen LogP contribution < -0.4 is 5.32 Å². The van der Waals surface area contributed by atoms with Crippen molar-refractivity contribution in [1.82, 2.24) is 9.55 Å². The monoisotopic (exact) mass is 364 g/mol. The van der Waals surface area contributed by atoms with E-state index in [4.69, 9.17) is 5.26 Å². The number of nitrogens with one attached hydrogen (secondary N) is 1. The highest BCUT2D eigenvalue weighted by Crippen LogP contribution is 2.14. The second-order valence-electron chi connectivity index (χ2n) is 4.87. The normalized spacial score (nSPS) is 11.8. The largest absolute Gasteiger partial charge is 0.328 e. The Labute approximate surface area is 135 Å². The lowest BCUT2D eigenvalue weighted by Crippen LogP contribution is -2.20. The van der Waals surface area contributed by atoms with Crippen LogP contribution in [0.5, 0.6) is 0 Å². The number of nitrogens with zero attached hydrogens (tertiary/aromatic N) is 3. The maximum absolute atomic E-state index is 13.4. The molecule has 1 N–H and O–H groups in total. The molecule has 1 amide bonds. The van der Waals surface area contributed by atoms with Crippen LogP contribution in [-0.4, -0.2) is 20.3 Å². The van der Waals surface area contributed by atoms with Gasteiger partial charge in [0.2, 0.25) is 5.91 Å². The third-order valence-electron chi connectivity index (χ3n) is 3.03. The molecule has 1 aromatic heterocycles. The SMILES string of the molecule is Cc1nc(NC(=O)C(C)Br)cn1Cc1cc(F)cc(C#N)c1. The molecular weight excluding hydrogens is 351 g/mol. The number of halogens is 2. The molecule has 22 heavy (non-hydrogen) atoms. The zero-order valence-corrected chi connectivity index (χ0v) is 13.7. The van der Waals surface area contributed by atoms with Gasteiger partial charge < -0.3 is 9.88 Å². The molecule has 0 aliphatic rings. The first kappa shape index (κ1) is 16.2. The number of benzene rings is 1. The van der Waals surface area contributed by atoms with Gasteiger partial charge >= 0.3 is 0 Å². The van der Waals surface area contributed by atoms with Gasteiger partial charge in [-0.25, -0.2) is 9.37 Å². The lowest BCUT2D eigenvalue weighted by atomic mass is 10.1. The number of hydrogen-bond acceptors (Lipinski definition) is 3. The van der Waals surface area contributed by atoms with Crippen molar-refractivity contribution in [2.45, 2.75) is 25.2 Å². The molecule has 1 aromatic carbocycles. The number of carbonyl (C=O) groups is 1. The highest BCUT2D eigenvalue weighted by Gasteiger charge is 2.12. The molecule has 1 heterocycles. The van der Waals surface area contributed by atoms with Crippen LogP contribution in [0.2, 0.25) is 0 Å². The van der Waals surface area contributed by atoms with E-state index < -0.39 is 5.82 Å². The summed E-state index contributed by atoms with van der Waals surface area (Å²) >= 11 is 3.18. The van der Waals surface area contributed by atoms with Gasteiger partial charge in [0.05, 0.1) is 16.5 Å². The summed E-state index contributed by atoms with van der Waals surface area (Å²) in [6.07, 6.45) is 1.68. The standard InChI is InChI=1S/C15H14BrFN4O/c1-9(16)15(22)20-14-8-21(10(2)19-14)7-12-3-11(6-18)4-13(17)5-12/h3-5,8-9H,7H2,1-2H3,(H,20,22). The Morgan fingerprint density at radius 2 is 2.27 bits per heavy atom. The molecule has 114 valence electrons. The molecule has 0 saturated carbocycles. The molecule has 2 rings (SSSR count). The topological polar surface area (TPSA) is 70.7 Å². The van der Waals surface area contributed by atoms with Gasteiger partial charge in [-0.3, -0.25) is 4.79 Å². The number of nitriles is 1. The Bertz CT molecular complexity index is 748. The summed E-state index contributed by atoms with van der Waals surface area (Å²) in [6.45, 7) is 3.87. The number of rotatable bonds is 4. The van der Waals surface area contributed by atoms with Gasteiger partial charge in [0.1, 0.15) is 11.6 Å². The van der Waals surface area contributed by atoms with Gasteiger partial charge in [-0.2, -0.15) is 5.26 Å². The Balaban J connectivity index is 2.20. The van der Waals surface area contributed by atoms with E-state index in [0.29, 0.717) is 23.8 Å². The third-order valence-corrected chi connectivity index (χ3v) is 3.44. The molecule has 0 aliphatic carbocycles. The zero-order chi connectivity index (χ0) is 16.3. The van der Waals surface area contributed by atoms with E-state index in [0.717, 1.165) is 0 Å². The molecule has 0 aliphatic heterocycles. The predicted octanol–water partition coefficient (Wildman–Crippen LogP) is 2.97. The molecule has 1 unspecified atom stereocenters. The van der Waals surface area contributed by atoms with E-state index in [1.165, 1.54) is 12.1 Å². The van der Waals surface area contributed by atoms with Gasteiger partial charge in [-0.15, -0.1) is 0 Å². The van der Waals surface area contributed by atoms with Gasteiger partial charge in [0, 0.05) is 12.7 Å². The summed E-state index contributed by atoms with van der Waals surface area (Å²) in [5.41, 5.74) is 0.929. The minimum Gasteiger partial charge on any atom is -0.328 e. The Morgan fingerprint density at radius 3 is 2.91 bits per heavy atom. The summed E-state index contributed by atoms with van der Waals surface area (Å²) in [6, 6.07) is 6.11. The molecule has 0 saturated heterocycles. The van der Waals surface area contributed by atoms with Crippen molar-refractivity contribution in [2.75, 3.05) is 5.32 Å². The van der Waals surface area contributed by atoms with E-state index in [9.17, 15) is 9.18 Å². The van der Waals surface area contributed by atoms with Crippen LogP contribution >= 0.6 is 15.9 Å². The molecule has 1 atom stereocenters. The number of imidazole rings is 1. The quantitative estimate of drug-likeness (QED) is 0.847. The fourth-order valence-electron chi connectivity index (χ4n) is 1.96. The van der Waals surface area contributed by atoms with Crippen LogP contribution in [0.25, 0.3) is 0 Å². The minimum absolute atomic E-state index is 0.192. The third kappa shape index (κ3) is 3.92. The van der Waals surface area contributed by atoms with Crippen molar-refractivity contribution < 1.29 is 9.18 Å². The number of carbonyl (C=O) groups excluding carboxylic acids is 1. The molecule has 2 aromatic rings. The predicted molar refractivity (Wildman–Crippen MR) is 84.2 cm³/mol. The van der Waals surface area contributed by atoms with Crippen molar-refractivity contribution in [1.29, 1.82) is 5.26 Å². The van der Waals surface area contributed by atoms with Crippen molar-refractivity contribution in [3.63, 3.8) is 0 Å². The number of aryl methyl sites for hydroxylation is 1. The fourth-order valence-corrected chi connectivity index (χ4v) is 2.07. The molecule has 0 spiro atoms. The first-order valence-corrected chi connectivity index (χ1v) is 7.49. The number of amides is 1.